The molecule has 7 nitrogen and oxygen atoms in total. The van der Waals surface area contributed by atoms with Gasteiger partial charge in [0.2, 0.25) is 0 Å². The smallest absolute Gasteiger partial charge is 0.329 e. The summed E-state index contributed by atoms with van der Waals surface area (Å²) in [5, 5.41) is 12.5. The standard InChI is InChI=1S/C8H17N3O4/c1-11(2)10-8(14)9-5-6(15-3)4-7(12)13/h6H,4-5H2,1-3H3,(H,12,13)(H2,9,10,14). The van der Waals surface area contributed by atoms with Gasteiger partial charge in [-0.25, -0.2) is 9.80 Å². The third-order valence-corrected chi connectivity index (χ3v) is 1.55. The van der Waals surface area contributed by atoms with Gasteiger partial charge < -0.3 is 15.2 Å². The molecule has 0 aliphatic carbocycles. The molecule has 3 N–H and O–H groups in total. The summed E-state index contributed by atoms with van der Waals surface area (Å²) in [6.07, 6.45) is -0.658. The highest BCUT2D eigenvalue weighted by molar-refractivity contribution is 5.73. The third kappa shape index (κ3) is 7.71. The van der Waals surface area contributed by atoms with Crippen molar-refractivity contribution in [2.75, 3.05) is 27.7 Å². The number of hydrogen-bond donors (Lipinski definition) is 3. The molecule has 1 atom stereocenters. The van der Waals surface area contributed by atoms with E-state index in [4.69, 9.17) is 9.84 Å². The zero-order valence-corrected chi connectivity index (χ0v) is 9.11. The van der Waals surface area contributed by atoms with Gasteiger partial charge in [-0.3, -0.25) is 10.2 Å². The Balaban J connectivity index is 3.79. The molecule has 0 saturated carbocycles. The Labute approximate surface area is 88.4 Å². The number of hydrogen-bond acceptors (Lipinski definition) is 4. The number of carboxylic acids is 1. The van der Waals surface area contributed by atoms with Crippen molar-refractivity contribution in [1.82, 2.24) is 15.8 Å². The van der Waals surface area contributed by atoms with Gasteiger partial charge in [0.15, 0.2) is 0 Å². The van der Waals surface area contributed by atoms with Crippen LogP contribution >= 0.6 is 0 Å². The van der Waals surface area contributed by atoms with Gasteiger partial charge in [0.25, 0.3) is 0 Å². The number of hydrazine groups is 1. The lowest BCUT2D eigenvalue weighted by Gasteiger charge is -2.16. The molecule has 0 aromatic heterocycles. The molecule has 88 valence electrons. The minimum atomic E-state index is -0.961. The predicted octanol–water partition coefficient (Wildman–Crippen LogP) is -0.748. The van der Waals surface area contributed by atoms with Crippen LogP contribution in [-0.2, 0) is 9.53 Å². The molecule has 7 heteroatoms. The highest BCUT2D eigenvalue weighted by atomic mass is 16.5. The summed E-state index contributed by atoms with van der Waals surface area (Å²) in [5.74, 6) is -0.961. The molecule has 0 heterocycles. The van der Waals surface area contributed by atoms with Gasteiger partial charge >= 0.3 is 12.0 Å². The second kappa shape index (κ2) is 7.02. The molecule has 0 spiro atoms. The Kier molecular flexibility index (Phi) is 6.39. The van der Waals surface area contributed by atoms with Crippen molar-refractivity contribution < 1.29 is 19.4 Å². The number of nitrogens with one attached hydrogen (secondary N) is 2. The monoisotopic (exact) mass is 219 g/mol. The van der Waals surface area contributed by atoms with E-state index >= 15 is 0 Å². The predicted molar refractivity (Wildman–Crippen MR) is 53.3 cm³/mol. The summed E-state index contributed by atoms with van der Waals surface area (Å²) in [6, 6.07) is -0.396. The summed E-state index contributed by atoms with van der Waals surface area (Å²) in [5.41, 5.74) is 2.46. The van der Waals surface area contributed by atoms with Crippen molar-refractivity contribution >= 4 is 12.0 Å². The summed E-state index contributed by atoms with van der Waals surface area (Å²) >= 11 is 0. The second-order valence-corrected chi connectivity index (χ2v) is 3.17. The molecule has 0 aliphatic heterocycles. The molecular formula is C8H17N3O4. The first-order chi connectivity index (χ1) is 6.95. The number of methoxy groups -OCH3 is 1. The number of nitrogens with zero attached hydrogens (tertiary/aromatic N) is 1. The highest BCUT2D eigenvalue weighted by Gasteiger charge is 2.13. The van der Waals surface area contributed by atoms with Crippen LogP contribution in [0, 0.1) is 0 Å². The quantitative estimate of drug-likeness (QED) is 0.511. The first kappa shape index (κ1) is 13.7. The van der Waals surface area contributed by atoms with E-state index in [-0.39, 0.29) is 13.0 Å². The van der Waals surface area contributed by atoms with Gasteiger partial charge in [0, 0.05) is 27.7 Å². The number of rotatable bonds is 6. The summed E-state index contributed by atoms with van der Waals surface area (Å²) in [7, 11) is 4.74. The fourth-order valence-corrected chi connectivity index (χ4v) is 0.883. The van der Waals surface area contributed by atoms with Gasteiger partial charge in [-0.05, 0) is 0 Å². The van der Waals surface area contributed by atoms with Crippen LogP contribution in [0.3, 0.4) is 0 Å². The van der Waals surface area contributed by atoms with Crippen molar-refractivity contribution in [3.63, 3.8) is 0 Å². The third-order valence-electron chi connectivity index (χ3n) is 1.55. The van der Waals surface area contributed by atoms with E-state index in [2.05, 4.69) is 10.7 Å². The maximum absolute atomic E-state index is 11.1. The Morgan fingerprint density at radius 1 is 1.47 bits per heavy atom. The number of urea groups is 1. The van der Waals surface area contributed by atoms with Crippen molar-refractivity contribution in [2.24, 2.45) is 0 Å². The normalized spacial score (nSPS) is 12.3. The molecule has 0 saturated heterocycles. The van der Waals surface area contributed by atoms with Gasteiger partial charge in [0.1, 0.15) is 0 Å². The van der Waals surface area contributed by atoms with Gasteiger partial charge in [-0.1, -0.05) is 0 Å². The second-order valence-electron chi connectivity index (χ2n) is 3.17. The molecule has 0 radical (unpaired) electrons. The average molecular weight is 219 g/mol. The number of ether oxygens (including phenoxy) is 1. The molecular weight excluding hydrogens is 202 g/mol. The summed E-state index contributed by atoms with van der Waals surface area (Å²) in [6.45, 7) is 0.155. The Bertz CT molecular complexity index is 220. The van der Waals surface area contributed by atoms with Crippen molar-refractivity contribution in [2.45, 2.75) is 12.5 Å². The van der Waals surface area contributed by atoms with E-state index in [1.165, 1.54) is 12.1 Å². The zero-order valence-electron chi connectivity index (χ0n) is 9.11. The van der Waals surface area contributed by atoms with Gasteiger partial charge in [0.05, 0.1) is 12.5 Å². The zero-order chi connectivity index (χ0) is 11.8. The molecule has 0 fully saturated rings. The Morgan fingerprint density at radius 2 is 2.07 bits per heavy atom. The van der Waals surface area contributed by atoms with E-state index in [0.29, 0.717) is 0 Å². The fraction of sp³-hybridized carbons (Fsp3) is 0.750. The van der Waals surface area contributed by atoms with Crippen LogP contribution in [0.4, 0.5) is 4.79 Å². The average Bonchev–Trinajstić information content (AvgIpc) is 2.10. The molecule has 1 unspecified atom stereocenters. The van der Waals surface area contributed by atoms with E-state index in [9.17, 15) is 9.59 Å². The van der Waals surface area contributed by atoms with E-state index in [1.807, 2.05) is 0 Å². The maximum atomic E-state index is 11.1. The minimum Gasteiger partial charge on any atom is -0.481 e. The van der Waals surface area contributed by atoms with Crippen LogP contribution in [0.1, 0.15) is 6.42 Å². The Hall–Kier alpha value is -1.34. The lowest BCUT2D eigenvalue weighted by Crippen LogP contribution is -2.46. The fourth-order valence-electron chi connectivity index (χ4n) is 0.883. The largest absolute Gasteiger partial charge is 0.481 e. The van der Waals surface area contributed by atoms with Crippen molar-refractivity contribution in [3.05, 3.63) is 0 Å². The van der Waals surface area contributed by atoms with Crippen LogP contribution in [0.15, 0.2) is 0 Å². The van der Waals surface area contributed by atoms with Crippen molar-refractivity contribution in [1.29, 1.82) is 0 Å². The van der Waals surface area contributed by atoms with Crippen LogP contribution in [0.25, 0.3) is 0 Å². The van der Waals surface area contributed by atoms with Gasteiger partial charge in [-0.2, -0.15) is 0 Å². The molecule has 0 aromatic carbocycles. The topological polar surface area (TPSA) is 90.9 Å². The summed E-state index contributed by atoms with van der Waals surface area (Å²) < 4.78 is 4.88. The maximum Gasteiger partial charge on any atom is 0.329 e. The molecule has 2 amide bonds. The molecule has 0 bridgehead atoms. The molecule has 0 rings (SSSR count). The van der Waals surface area contributed by atoms with Crippen LogP contribution < -0.4 is 10.7 Å². The highest BCUT2D eigenvalue weighted by Crippen LogP contribution is 1.94. The van der Waals surface area contributed by atoms with E-state index < -0.39 is 18.1 Å². The van der Waals surface area contributed by atoms with E-state index in [1.54, 1.807) is 14.1 Å². The minimum absolute atomic E-state index is 0.140. The number of carboxylic acid groups (broad SMARTS) is 1. The van der Waals surface area contributed by atoms with Crippen LogP contribution in [-0.4, -0.2) is 56.0 Å². The lowest BCUT2D eigenvalue weighted by atomic mass is 10.2. The number of aliphatic carboxylic acids is 1. The number of carbonyl (C=O) groups excluding carboxylic acids is 1. The summed E-state index contributed by atoms with van der Waals surface area (Å²) in [4.78, 5) is 21.5. The molecule has 0 aromatic rings. The van der Waals surface area contributed by atoms with Gasteiger partial charge in [-0.15, -0.1) is 0 Å². The van der Waals surface area contributed by atoms with E-state index in [0.717, 1.165) is 0 Å². The van der Waals surface area contributed by atoms with Crippen LogP contribution in [0.5, 0.6) is 0 Å². The lowest BCUT2D eigenvalue weighted by molar-refractivity contribution is -0.139. The first-order valence-electron chi connectivity index (χ1n) is 4.42. The number of carbonyl (C=O) groups is 2. The van der Waals surface area contributed by atoms with Crippen LogP contribution in [0.2, 0.25) is 0 Å². The number of amides is 2. The Morgan fingerprint density at radius 3 is 2.47 bits per heavy atom. The molecule has 15 heavy (non-hydrogen) atoms. The SMILES string of the molecule is COC(CNC(=O)NN(C)C)CC(=O)O. The van der Waals surface area contributed by atoms with Crippen molar-refractivity contribution in [3.8, 4) is 0 Å². The first-order valence-corrected chi connectivity index (χ1v) is 4.42. The molecule has 0 aliphatic rings.